The second-order valence-electron chi connectivity index (χ2n) is 13.3. The Balaban J connectivity index is 0.00000702. The lowest BCUT2D eigenvalue weighted by Gasteiger charge is -2.36. The van der Waals surface area contributed by atoms with Crippen LogP contribution in [0.3, 0.4) is 0 Å². The van der Waals surface area contributed by atoms with Crippen molar-refractivity contribution in [2.45, 2.75) is 84.7 Å². The minimum Gasteiger partial charge on any atom is -0.489 e. The predicted octanol–water partition coefficient (Wildman–Crippen LogP) is 9.48. The van der Waals surface area contributed by atoms with Crippen LogP contribution in [0.25, 0.3) is 0 Å². The van der Waals surface area contributed by atoms with Crippen LogP contribution >= 0.6 is 12.4 Å². The third-order valence-electron chi connectivity index (χ3n) is 9.47. The van der Waals surface area contributed by atoms with E-state index in [4.69, 9.17) is 4.74 Å². The van der Waals surface area contributed by atoms with E-state index in [0.29, 0.717) is 12.5 Å². The summed E-state index contributed by atoms with van der Waals surface area (Å²) in [5, 5.41) is 0. The number of hydrogen-bond acceptors (Lipinski definition) is 7. The van der Waals surface area contributed by atoms with Gasteiger partial charge < -0.3 is 14.5 Å². The van der Waals surface area contributed by atoms with Crippen molar-refractivity contribution in [1.29, 1.82) is 0 Å². The molecule has 4 rings (SSSR count). The van der Waals surface area contributed by atoms with Gasteiger partial charge in [-0.05, 0) is 80.8 Å². The van der Waals surface area contributed by atoms with Crippen LogP contribution in [-0.2, 0) is 28.7 Å². The van der Waals surface area contributed by atoms with Gasteiger partial charge in [-0.3, -0.25) is 0 Å². The van der Waals surface area contributed by atoms with Gasteiger partial charge in [0.05, 0.1) is 35.3 Å². The average Bonchev–Trinajstić information content (AvgIpc) is 3.05. The van der Waals surface area contributed by atoms with Gasteiger partial charge >= 0.3 is 12.4 Å². The second-order valence-corrected chi connectivity index (χ2v) is 15.6. The first-order chi connectivity index (χ1) is 23.4. The third-order valence-corrected chi connectivity index (χ3v) is 10.4. The Morgan fingerprint density at radius 3 is 1.98 bits per heavy atom. The predicted molar refractivity (Wildman–Crippen MR) is 190 cm³/mol. The van der Waals surface area contributed by atoms with E-state index in [1.807, 2.05) is 25.1 Å². The number of alkyl halides is 6. The van der Waals surface area contributed by atoms with E-state index in [9.17, 15) is 34.8 Å². The molecule has 2 aromatic carbocycles. The lowest BCUT2D eigenvalue weighted by Crippen LogP contribution is -2.34. The highest BCUT2D eigenvalue weighted by Crippen LogP contribution is 2.40. The van der Waals surface area contributed by atoms with Crippen LogP contribution in [0, 0.1) is 18.8 Å². The molecule has 15 heteroatoms. The number of benzene rings is 2. The van der Waals surface area contributed by atoms with Crippen LogP contribution in [0.2, 0.25) is 0 Å². The van der Waals surface area contributed by atoms with Crippen molar-refractivity contribution in [3.8, 4) is 5.75 Å². The molecule has 0 radical (unpaired) electrons. The van der Waals surface area contributed by atoms with E-state index in [1.54, 1.807) is 4.90 Å². The molecular formula is C36H47ClF6N4O3S. The zero-order valence-corrected chi connectivity index (χ0v) is 31.2. The first kappa shape index (κ1) is 42.2. The summed E-state index contributed by atoms with van der Waals surface area (Å²) in [5.74, 6) is 1.23. The zero-order valence-electron chi connectivity index (χ0n) is 29.5. The molecule has 0 amide bonds. The van der Waals surface area contributed by atoms with Crippen LogP contribution in [-0.4, -0.2) is 50.1 Å². The van der Waals surface area contributed by atoms with E-state index >= 15 is 0 Å². The van der Waals surface area contributed by atoms with Crippen molar-refractivity contribution in [3.05, 3.63) is 76.6 Å². The SMILES string of the molecule is CCC1CCC(CN(CC)c2ccc(C)cc2CN(c2ncc(OCCS(C)(=O)=O)cn2)[C@@H](C)c2cc(C(F)(F)F)cc(C(F)(F)F)c2)CC1.Cl. The Bertz CT molecular complexity index is 1650. The number of halogens is 7. The number of aromatic nitrogens is 2. The molecule has 0 spiro atoms. The number of hydrogen-bond donors (Lipinski definition) is 0. The van der Waals surface area contributed by atoms with Crippen molar-refractivity contribution in [2.75, 3.05) is 41.5 Å². The minimum atomic E-state index is -5.01. The summed E-state index contributed by atoms with van der Waals surface area (Å²) in [4.78, 5) is 12.6. The number of nitrogens with zero attached hydrogens (tertiary/aromatic N) is 4. The molecule has 1 atom stereocenters. The molecule has 1 fully saturated rings. The summed E-state index contributed by atoms with van der Waals surface area (Å²) in [6.45, 7) is 9.19. The summed E-state index contributed by atoms with van der Waals surface area (Å²) in [5.41, 5.74) is -0.343. The quantitative estimate of drug-likeness (QED) is 0.152. The van der Waals surface area contributed by atoms with Gasteiger partial charge in [0, 0.05) is 31.6 Å². The fraction of sp³-hybridized carbons (Fsp3) is 0.556. The number of rotatable bonds is 14. The Morgan fingerprint density at radius 2 is 1.47 bits per heavy atom. The largest absolute Gasteiger partial charge is 0.489 e. The van der Waals surface area contributed by atoms with Crippen LogP contribution in [0.5, 0.6) is 5.75 Å². The number of aryl methyl sites for hydroxylation is 1. The molecule has 3 aromatic rings. The maximum Gasteiger partial charge on any atom is 0.416 e. The molecule has 0 bridgehead atoms. The maximum absolute atomic E-state index is 13.9. The van der Waals surface area contributed by atoms with E-state index in [-0.39, 0.29) is 54.6 Å². The lowest BCUT2D eigenvalue weighted by atomic mass is 9.80. The fourth-order valence-electron chi connectivity index (χ4n) is 6.49. The van der Waals surface area contributed by atoms with Gasteiger partial charge in [0.2, 0.25) is 5.95 Å². The van der Waals surface area contributed by atoms with Crippen LogP contribution < -0.4 is 14.5 Å². The molecule has 284 valence electrons. The van der Waals surface area contributed by atoms with E-state index in [1.165, 1.54) is 38.6 Å². The standard InChI is InChI=1S/C36H46F6N4O3S.ClH/c1-6-26-9-11-27(12-10-26)22-45(7-2)33-13-8-24(3)16-29(33)23-46(34-43-20-32(21-44-34)49-14-15-50(5,47)48)25(4)28-17-30(35(37,38)39)19-31(18-28)36(40,41)42;/h8,13,16-21,25-27H,6-7,9-12,14-15,22-23H2,1-5H3;1H/t25-,26?,27?;/m0./s1. The summed E-state index contributed by atoms with van der Waals surface area (Å²) in [7, 11) is -3.29. The van der Waals surface area contributed by atoms with Gasteiger partial charge in [0.1, 0.15) is 6.61 Å². The summed E-state index contributed by atoms with van der Waals surface area (Å²) < 4.78 is 112. The Hall–Kier alpha value is -3.26. The molecule has 0 unspecified atom stereocenters. The summed E-state index contributed by atoms with van der Waals surface area (Å²) in [6, 6.07) is 6.52. The Labute approximate surface area is 303 Å². The molecule has 1 heterocycles. The van der Waals surface area contributed by atoms with Gasteiger partial charge in [-0.15, -0.1) is 12.4 Å². The smallest absolute Gasteiger partial charge is 0.416 e. The van der Waals surface area contributed by atoms with Crippen molar-refractivity contribution in [3.63, 3.8) is 0 Å². The summed E-state index contributed by atoms with van der Waals surface area (Å²) in [6.07, 6.45) is -0.533. The summed E-state index contributed by atoms with van der Waals surface area (Å²) >= 11 is 0. The van der Waals surface area contributed by atoms with E-state index in [2.05, 4.69) is 28.7 Å². The van der Waals surface area contributed by atoms with Gasteiger partial charge in [-0.1, -0.05) is 43.9 Å². The van der Waals surface area contributed by atoms with Crippen LogP contribution in [0.4, 0.5) is 38.0 Å². The first-order valence-corrected chi connectivity index (χ1v) is 19.0. The Kier molecular flexibility index (Phi) is 14.5. The van der Waals surface area contributed by atoms with Gasteiger partial charge in [0.15, 0.2) is 15.6 Å². The van der Waals surface area contributed by atoms with Gasteiger partial charge in [-0.2, -0.15) is 26.3 Å². The highest BCUT2D eigenvalue weighted by molar-refractivity contribution is 7.90. The van der Waals surface area contributed by atoms with E-state index < -0.39 is 39.4 Å². The monoisotopic (exact) mass is 764 g/mol. The molecule has 51 heavy (non-hydrogen) atoms. The minimum absolute atomic E-state index is 0. The molecule has 0 saturated heterocycles. The zero-order chi connectivity index (χ0) is 36.9. The Morgan fingerprint density at radius 1 is 0.902 bits per heavy atom. The van der Waals surface area contributed by atoms with Gasteiger partial charge in [0.25, 0.3) is 0 Å². The van der Waals surface area contributed by atoms with Crippen molar-refractivity contribution in [1.82, 2.24) is 9.97 Å². The molecule has 1 aromatic heterocycles. The maximum atomic E-state index is 13.9. The number of sulfone groups is 1. The molecule has 1 saturated carbocycles. The second kappa shape index (κ2) is 17.5. The molecule has 1 aliphatic carbocycles. The fourth-order valence-corrected chi connectivity index (χ4v) is 6.87. The van der Waals surface area contributed by atoms with Crippen molar-refractivity contribution >= 4 is 33.9 Å². The van der Waals surface area contributed by atoms with Crippen LogP contribution in [0.1, 0.15) is 86.7 Å². The molecule has 0 aliphatic heterocycles. The third kappa shape index (κ3) is 11.9. The van der Waals surface area contributed by atoms with E-state index in [0.717, 1.165) is 60.5 Å². The normalized spacial score (nSPS) is 17.4. The van der Waals surface area contributed by atoms with Gasteiger partial charge in [-0.25, -0.2) is 18.4 Å². The van der Waals surface area contributed by atoms with Crippen LogP contribution in [0.15, 0.2) is 48.8 Å². The van der Waals surface area contributed by atoms with Crippen molar-refractivity contribution < 1.29 is 39.5 Å². The topological polar surface area (TPSA) is 75.6 Å². The highest BCUT2D eigenvalue weighted by atomic mass is 35.5. The molecular weight excluding hydrogens is 718 g/mol. The molecule has 7 nitrogen and oxygen atoms in total. The van der Waals surface area contributed by atoms with Crippen molar-refractivity contribution in [2.24, 2.45) is 11.8 Å². The highest BCUT2D eigenvalue weighted by Gasteiger charge is 2.38. The molecule has 0 N–H and O–H groups in total. The lowest BCUT2D eigenvalue weighted by molar-refractivity contribution is -0.143. The number of ether oxygens (including phenoxy) is 1. The number of anilines is 2. The average molecular weight is 765 g/mol. The first-order valence-electron chi connectivity index (χ1n) is 16.9. The molecule has 1 aliphatic rings.